The normalized spacial score (nSPS) is 17.7. The van der Waals surface area contributed by atoms with Crippen molar-refractivity contribution < 1.29 is 13.2 Å². The van der Waals surface area contributed by atoms with Gasteiger partial charge in [0.25, 0.3) is 0 Å². The van der Waals surface area contributed by atoms with Gasteiger partial charge in [0.1, 0.15) is 0 Å². The number of piperidine rings is 1. The molecule has 22 heavy (non-hydrogen) atoms. The van der Waals surface area contributed by atoms with Crippen LogP contribution in [0.1, 0.15) is 38.2 Å². The van der Waals surface area contributed by atoms with Gasteiger partial charge in [-0.15, -0.1) is 0 Å². The van der Waals surface area contributed by atoms with Crippen molar-refractivity contribution in [3.63, 3.8) is 0 Å². The van der Waals surface area contributed by atoms with E-state index in [1.165, 1.54) is 5.56 Å². The molecule has 5 heteroatoms. The largest absolute Gasteiger partial charge is 0.376 e. The molecule has 1 aliphatic heterocycles. The average Bonchev–Trinajstić information content (AvgIpc) is 2.54. The Morgan fingerprint density at radius 2 is 1.86 bits per heavy atom. The van der Waals surface area contributed by atoms with Gasteiger partial charge in [-0.2, -0.15) is 0 Å². The molecule has 1 fully saturated rings. The quantitative estimate of drug-likeness (QED) is 0.738. The second-order valence-electron chi connectivity index (χ2n) is 6.01. The molecule has 0 spiro atoms. The fraction of sp³-hybridized carbons (Fsp3) is 0.647. The van der Waals surface area contributed by atoms with Crippen molar-refractivity contribution in [2.75, 3.05) is 25.4 Å². The fourth-order valence-electron chi connectivity index (χ4n) is 2.73. The van der Waals surface area contributed by atoms with Crippen LogP contribution in [-0.4, -0.2) is 38.2 Å². The summed E-state index contributed by atoms with van der Waals surface area (Å²) in [4.78, 5) is 0. The monoisotopic (exact) mass is 325 g/mol. The van der Waals surface area contributed by atoms with Crippen LogP contribution in [0.2, 0.25) is 0 Å². The molecule has 1 heterocycles. The zero-order valence-corrected chi connectivity index (χ0v) is 14.2. The molecule has 0 saturated carbocycles. The molecule has 124 valence electrons. The number of hydrogen-bond acceptors (Lipinski definition) is 3. The van der Waals surface area contributed by atoms with Gasteiger partial charge in [-0.25, -0.2) is 12.7 Å². The van der Waals surface area contributed by atoms with Gasteiger partial charge < -0.3 is 4.74 Å². The standard InChI is InChI=1S/C17H27NO3S/c1-2-3-13-22(19,20)18-11-9-17(10-12-18)15-21-14-16-7-5-4-6-8-16/h4-8,17H,2-3,9-15H2,1H3. The molecule has 1 aromatic rings. The van der Waals surface area contributed by atoms with E-state index in [-0.39, 0.29) is 0 Å². The second-order valence-corrected chi connectivity index (χ2v) is 8.10. The Labute approximate surface area is 134 Å². The van der Waals surface area contributed by atoms with Crippen LogP contribution in [-0.2, 0) is 21.4 Å². The van der Waals surface area contributed by atoms with Crippen LogP contribution in [0.15, 0.2) is 30.3 Å². The first kappa shape index (κ1) is 17.4. The van der Waals surface area contributed by atoms with E-state index in [0.29, 0.717) is 31.4 Å². The van der Waals surface area contributed by atoms with E-state index in [0.717, 1.165) is 32.3 Å². The van der Waals surface area contributed by atoms with E-state index >= 15 is 0 Å². The van der Waals surface area contributed by atoms with Gasteiger partial charge in [0.05, 0.1) is 12.4 Å². The lowest BCUT2D eigenvalue weighted by Crippen LogP contribution is -2.40. The third kappa shape index (κ3) is 5.38. The summed E-state index contributed by atoms with van der Waals surface area (Å²) in [6.45, 7) is 4.66. The maximum absolute atomic E-state index is 12.1. The number of ether oxygens (including phenoxy) is 1. The SMILES string of the molecule is CCCCS(=O)(=O)N1CCC(COCc2ccccc2)CC1. The Morgan fingerprint density at radius 1 is 1.18 bits per heavy atom. The molecular weight excluding hydrogens is 298 g/mol. The molecule has 0 amide bonds. The van der Waals surface area contributed by atoms with Crippen molar-refractivity contribution in [3.05, 3.63) is 35.9 Å². The lowest BCUT2D eigenvalue weighted by atomic mass is 9.99. The smallest absolute Gasteiger partial charge is 0.214 e. The lowest BCUT2D eigenvalue weighted by molar-refractivity contribution is 0.0688. The highest BCUT2D eigenvalue weighted by Crippen LogP contribution is 2.21. The van der Waals surface area contributed by atoms with Crippen molar-refractivity contribution in [1.82, 2.24) is 4.31 Å². The molecule has 4 nitrogen and oxygen atoms in total. The van der Waals surface area contributed by atoms with E-state index in [1.807, 2.05) is 25.1 Å². The Morgan fingerprint density at radius 3 is 2.50 bits per heavy atom. The summed E-state index contributed by atoms with van der Waals surface area (Å²) in [6, 6.07) is 10.1. The second kappa shape index (κ2) is 8.65. The minimum atomic E-state index is -3.04. The first-order chi connectivity index (χ1) is 10.6. The number of unbranched alkanes of at least 4 members (excludes halogenated alkanes) is 1. The van der Waals surface area contributed by atoms with Gasteiger partial charge in [-0.05, 0) is 30.7 Å². The van der Waals surface area contributed by atoms with Crippen molar-refractivity contribution in [3.8, 4) is 0 Å². The summed E-state index contributed by atoms with van der Waals surface area (Å²) < 4.78 is 31.7. The van der Waals surface area contributed by atoms with Gasteiger partial charge in [-0.3, -0.25) is 0 Å². The summed E-state index contributed by atoms with van der Waals surface area (Å²) in [5.41, 5.74) is 1.18. The topological polar surface area (TPSA) is 46.6 Å². The highest BCUT2D eigenvalue weighted by molar-refractivity contribution is 7.89. The van der Waals surface area contributed by atoms with Crippen LogP contribution in [0, 0.1) is 5.92 Å². The molecule has 1 aliphatic rings. The average molecular weight is 325 g/mol. The zero-order valence-electron chi connectivity index (χ0n) is 13.4. The minimum Gasteiger partial charge on any atom is -0.376 e. The molecule has 0 radical (unpaired) electrons. The summed E-state index contributed by atoms with van der Waals surface area (Å²) in [7, 11) is -3.04. The van der Waals surface area contributed by atoms with Crippen molar-refractivity contribution in [1.29, 1.82) is 0 Å². The summed E-state index contributed by atoms with van der Waals surface area (Å²) >= 11 is 0. The molecule has 0 unspecified atom stereocenters. The molecule has 0 aliphatic carbocycles. The Hall–Kier alpha value is -0.910. The predicted molar refractivity (Wildman–Crippen MR) is 89.1 cm³/mol. The maximum atomic E-state index is 12.1. The van der Waals surface area contributed by atoms with Crippen LogP contribution in [0.4, 0.5) is 0 Å². The Bertz CT molecular complexity index is 522. The maximum Gasteiger partial charge on any atom is 0.214 e. The number of rotatable bonds is 8. The number of sulfonamides is 1. The molecule has 0 bridgehead atoms. The highest BCUT2D eigenvalue weighted by atomic mass is 32.2. The minimum absolute atomic E-state index is 0.290. The van der Waals surface area contributed by atoms with Gasteiger partial charge in [0.2, 0.25) is 10.0 Å². The highest BCUT2D eigenvalue weighted by Gasteiger charge is 2.27. The van der Waals surface area contributed by atoms with Crippen LogP contribution < -0.4 is 0 Å². The Kier molecular flexibility index (Phi) is 6.86. The van der Waals surface area contributed by atoms with Crippen LogP contribution >= 0.6 is 0 Å². The van der Waals surface area contributed by atoms with E-state index in [1.54, 1.807) is 4.31 Å². The van der Waals surface area contributed by atoms with Gasteiger partial charge in [-0.1, -0.05) is 43.7 Å². The summed E-state index contributed by atoms with van der Waals surface area (Å²) in [5, 5.41) is 0. The van der Waals surface area contributed by atoms with E-state index in [2.05, 4.69) is 12.1 Å². The summed E-state index contributed by atoms with van der Waals surface area (Å²) in [5.74, 6) is 0.764. The van der Waals surface area contributed by atoms with Gasteiger partial charge >= 0.3 is 0 Å². The van der Waals surface area contributed by atoms with E-state index < -0.39 is 10.0 Å². The van der Waals surface area contributed by atoms with Gasteiger partial charge in [0, 0.05) is 19.7 Å². The van der Waals surface area contributed by atoms with E-state index in [4.69, 9.17) is 4.74 Å². The molecule has 0 N–H and O–H groups in total. The lowest BCUT2D eigenvalue weighted by Gasteiger charge is -2.31. The van der Waals surface area contributed by atoms with Crippen molar-refractivity contribution in [2.24, 2.45) is 5.92 Å². The molecule has 0 atom stereocenters. The molecule has 2 rings (SSSR count). The van der Waals surface area contributed by atoms with Crippen LogP contribution in [0.3, 0.4) is 0 Å². The van der Waals surface area contributed by atoms with Crippen molar-refractivity contribution >= 4 is 10.0 Å². The zero-order chi connectivity index (χ0) is 15.8. The molecule has 1 aromatic carbocycles. The van der Waals surface area contributed by atoms with Crippen molar-refractivity contribution in [2.45, 2.75) is 39.2 Å². The number of nitrogens with zero attached hydrogens (tertiary/aromatic N) is 1. The number of hydrogen-bond donors (Lipinski definition) is 0. The number of benzene rings is 1. The molecule has 0 aromatic heterocycles. The van der Waals surface area contributed by atoms with E-state index in [9.17, 15) is 8.42 Å². The Balaban J connectivity index is 1.69. The third-order valence-corrected chi connectivity index (χ3v) is 6.14. The van der Waals surface area contributed by atoms with Crippen LogP contribution in [0.25, 0.3) is 0 Å². The fourth-order valence-corrected chi connectivity index (χ4v) is 4.41. The summed E-state index contributed by atoms with van der Waals surface area (Å²) in [6.07, 6.45) is 3.48. The molecular formula is C17H27NO3S. The first-order valence-electron chi connectivity index (χ1n) is 8.21. The first-order valence-corrected chi connectivity index (χ1v) is 9.82. The predicted octanol–water partition coefficient (Wildman–Crippen LogP) is 3.05. The molecule has 1 saturated heterocycles. The van der Waals surface area contributed by atoms with Gasteiger partial charge in [0.15, 0.2) is 0 Å². The third-order valence-electron chi connectivity index (χ3n) is 4.19. The van der Waals surface area contributed by atoms with Crippen LogP contribution in [0.5, 0.6) is 0 Å².